The van der Waals surface area contributed by atoms with E-state index in [1.54, 1.807) is 18.2 Å². The molecule has 8 heteroatoms. The Kier molecular flexibility index (Phi) is 8.63. The van der Waals surface area contributed by atoms with E-state index in [1.165, 1.54) is 0 Å². The molecule has 3 N–H and O–H groups in total. The lowest BCUT2D eigenvalue weighted by Crippen LogP contribution is -2.53. The van der Waals surface area contributed by atoms with E-state index in [-0.39, 0.29) is 36.0 Å². The van der Waals surface area contributed by atoms with E-state index in [0.29, 0.717) is 28.4 Å². The highest BCUT2D eigenvalue weighted by Gasteiger charge is 2.37. The molecule has 1 aromatic heterocycles. The Labute approximate surface area is 230 Å². The Bertz CT molecular complexity index is 1270. The fraction of sp³-hybridized carbons (Fsp3) is 0.433. The SMILES string of the molecule is Cc1cccc(C)c1-c1cc(OC[C@@H](CC(C)(C)C)N(C(=O)c2cccc(SO)c2)C2CCC2)nc(N)n1. The molecule has 1 atom stereocenters. The van der Waals surface area contributed by atoms with Crippen LogP contribution in [0, 0.1) is 19.3 Å². The number of nitrogens with zero attached hydrogens (tertiary/aromatic N) is 3. The molecule has 1 amide bonds. The molecule has 0 unspecified atom stereocenters. The molecule has 1 saturated carbocycles. The van der Waals surface area contributed by atoms with Gasteiger partial charge in [0.05, 0.1) is 11.7 Å². The summed E-state index contributed by atoms with van der Waals surface area (Å²) >= 11 is 0.647. The summed E-state index contributed by atoms with van der Waals surface area (Å²) in [5.74, 6) is 0.508. The zero-order chi connectivity index (χ0) is 27.4. The van der Waals surface area contributed by atoms with Gasteiger partial charge in [-0.15, -0.1) is 0 Å². The minimum Gasteiger partial charge on any atom is -0.475 e. The molecule has 202 valence electrons. The Hall–Kier alpha value is -3.10. The molecular formula is C30H38N4O3S. The molecule has 0 aliphatic heterocycles. The Morgan fingerprint density at radius 2 is 1.82 bits per heavy atom. The minimum atomic E-state index is -0.168. The van der Waals surface area contributed by atoms with Gasteiger partial charge < -0.3 is 19.9 Å². The number of nitrogens with two attached hydrogens (primary N) is 1. The number of aryl methyl sites for hydroxylation is 2. The molecule has 0 radical (unpaired) electrons. The molecule has 0 saturated heterocycles. The molecule has 0 bridgehead atoms. The number of hydrogen-bond donors (Lipinski definition) is 2. The van der Waals surface area contributed by atoms with Crippen LogP contribution in [-0.2, 0) is 0 Å². The number of nitrogen functional groups attached to an aromatic ring is 1. The summed E-state index contributed by atoms with van der Waals surface area (Å²) in [7, 11) is 0. The number of ether oxygens (including phenoxy) is 1. The molecule has 2 aromatic carbocycles. The quantitative estimate of drug-likeness (QED) is 0.292. The van der Waals surface area contributed by atoms with Crippen LogP contribution in [0.15, 0.2) is 53.4 Å². The molecule has 1 aliphatic rings. The molecule has 4 rings (SSSR count). The lowest BCUT2D eigenvalue weighted by molar-refractivity contribution is 0.0244. The van der Waals surface area contributed by atoms with Gasteiger partial charge in [-0.25, -0.2) is 4.98 Å². The molecular weight excluding hydrogens is 496 g/mol. The van der Waals surface area contributed by atoms with Crippen LogP contribution in [0.1, 0.15) is 67.9 Å². The van der Waals surface area contributed by atoms with Gasteiger partial charge in [0, 0.05) is 40.2 Å². The summed E-state index contributed by atoms with van der Waals surface area (Å²) in [6.45, 7) is 10.9. The van der Waals surface area contributed by atoms with Gasteiger partial charge in [0.1, 0.15) is 6.61 Å². The first-order valence-corrected chi connectivity index (χ1v) is 13.9. The first-order valence-electron chi connectivity index (χ1n) is 13.1. The summed E-state index contributed by atoms with van der Waals surface area (Å²) < 4.78 is 15.8. The average Bonchev–Trinajstić information content (AvgIpc) is 2.82. The van der Waals surface area contributed by atoms with Crippen molar-refractivity contribution in [3.05, 3.63) is 65.2 Å². The van der Waals surface area contributed by atoms with Crippen LogP contribution in [0.4, 0.5) is 5.95 Å². The third-order valence-electron chi connectivity index (χ3n) is 7.01. The van der Waals surface area contributed by atoms with Crippen molar-refractivity contribution < 1.29 is 14.1 Å². The highest BCUT2D eigenvalue weighted by Crippen LogP contribution is 2.34. The Balaban J connectivity index is 1.64. The number of benzene rings is 2. The van der Waals surface area contributed by atoms with E-state index in [9.17, 15) is 9.35 Å². The fourth-order valence-corrected chi connectivity index (χ4v) is 5.44. The van der Waals surface area contributed by atoms with Gasteiger partial charge in [-0.05, 0) is 74.3 Å². The van der Waals surface area contributed by atoms with Crippen LogP contribution in [0.3, 0.4) is 0 Å². The van der Waals surface area contributed by atoms with Gasteiger partial charge in [-0.1, -0.05) is 45.0 Å². The number of aromatic nitrogens is 2. The standard InChI is InChI=1S/C30H38N4O3S/c1-19-9-6-10-20(2)27(19)25-16-26(33-29(31)32-25)37-18-23(17-30(3,4)5)34(22-12-8-13-22)28(35)21-11-7-14-24(15-21)38-36/h6-7,9-11,14-16,22-23,36H,8,12-13,17-18H2,1-5H3,(H2,31,32,33)/t23-/m1/s1. The van der Waals surface area contributed by atoms with Gasteiger partial charge >= 0.3 is 0 Å². The summed E-state index contributed by atoms with van der Waals surface area (Å²) in [4.78, 5) is 25.4. The highest BCUT2D eigenvalue weighted by molar-refractivity contribution is 7.93. The average molecular weight is 535 g/mol. The monoisotopic (exact) mass is 534 g/mol. The van der Waals surface area contributed by atoms with Crippen molar-refractivity contribution in [2.75, 3.05) is 12.3 Å². The molecule has 1 heterocycles. The van der Waals surface area contributed by atoms with Gasteiger partial charge in [-0.3, -0.25) is 4.79 Å². The molecule has 7 nitrogen and oxygen atoms in total. The Morgan fingerprint density at radius 1 is 1.13 bits per heavy atom. The minimum absolute atomic E-state index is 0.0345. The van der Waals surface area contributed by atoms with Gasteiger partial charge in [0.2, 0.25) is 11.8 Å². The van der Waals surface area contributed by atoms with E-state index in [4.69, 9.17) is 10.5 Å². The summed E-state index contributed by atoms with van der Waals surface area (Å²) in [5.41, 5.74) is 10.6. The van der Waals surface area contributed by atoms with Gasteiger partial charge in [0.25, 0.3) is 5.91 Å². The topological polar surface area (TPSA) is 102 Å². The first-order chi connectivity index (χ1) is 18.1. The second-order valence-electron chi connectivity index (χ2n) is 11.4. The highest BCUT2D eigenvalue weighted by atomic mass is 32.2. The van der Waals surface area contributed by atoms with Crippen molar-refractivity contribution in [3.63, 3.8) is 0 Å². The van der Waals surface area contributed by atoms with Crippen LogP contribution in [0.5, 0.6) is 5.88 Å². The summed E-state index contributed by atoms with van der Waals surface area (Å²) in [6.07, 6.45) is 3.80. The molecule has 38 heavy (non-hydrogen) atoms. The summed E-state index contributed by atoms with van der Waals surface area (Å²) in [5, 5.41) is 0. The van der Waals surface area contributed by atoms with Crippen LogP contribution in [0.25, 0.3) is 11.3 Å². The number of carbonyl (C=O) groups is 1. The molecule has 1 aliphatic carbocycles. The van der Waals surface area contributed by atoms with E-state index >= 15 is 0 Å². The third kappa shape index (κ3) is 6.66. The van der Waals surface area contributed by atoms with Crippen molar-refractivity contribution in [2.24, 2.45) is 5.41 Å². The van der Waals surface area contributed by atoms with E-state index < -0.39 is 0 Å². The number of carbonyl (C=O) groups excluding carboxylic acids is 1. The lowest BCUT2D eigenvalue weighted by atomic mass is 9.84. The van der Waals surface area contributed by atoms with Crippen LogP contribution < -0.4 is 10.5 Å². The second kappa shape index (κ2) is 11.7. The van der Waals surface area contributed by atoms with Crippen molar-refractivity contribution in [1.29, 1.82) is 0 Å². The molecule has 3 aromatic rings. The number of amides is 1. The number of rotatable bonds is 9. The molecule has 1 fully saturated rings. The maximum atomic E-state index is 13.9. The normalized spacial score (nSPS) is 14.6. The lowest BCUT2D eigenvalue weighted by Gasteiger charge is -2.44. The van der Waals surface area contributed by atoms with Crippen molar-refractivity contribution in [3.8, 4) is 17.1 Å². The predicted octanol–water partition coefficient (Wildman–Crippen LogP) is 6.79. The summed E-state index contributed by atoms with van der Waals surface area (Å²) in [6, 6.07) is 15.1. The van der Waals surface area contributed by atoms with E-state index in [1.807, 2.05) is 49.1 Å². The zero-order valence-electron chi connectivity index (χ0n) is 22.9. The maximum absolute atomic E-state index is 13.9. The predicted molar refractivity (Wildman–Crippen MR) is 153 cm³/mol. The van der Waals surface area contributed by atoms with Crippen molar-refractivity contribution in [2.45, 2.75) is 77.3 Å². The third-order valence-corrected chi connectivity index (χ3v) is 7.48. The van der Waals surface area contributed by atoms with Gasteiger partial charge in [-0.2, -0.15) is 4.98 Å². The van der Waals surface area contributed by atoms with E-state index in [0.717, 1.165) is 48.1 Å². The number of anilines is 1. The van der Waals surface area contributed by atoms with E-state index in [2.05, 4.69) is 30.7 Å². The van der Waals surface area contributed by atoms with Gasteiger partial charge in [0.15, 0.2) is 0 Å². The Morgan fingerprint density at radius 3 is 2.42 bits per heavy atom. The second-order valence-corrected chi connectivity index (χ2v) is 12.0. The smallest absolute Gasteiger partial charge is 0.254 e. The van der Waals surface area contributed by atoms with Crippen molar-refractivity contribution in [1.82, 2.24) is 14.9 Å². The van der Waals surface area contributed by atoms with Crippen LogP contribution in [0.2, 0.25) is 0 Å². The van der Waals surface area contributed by atoms with Crippen LogP contribution >= 0.6 is 12.0 Å². The zero-order valence-corrected chi connectivity index (χ0v) is 23.7. The fourth-order valence-electron chi connectivity index (χ4n) is 5.12. The largest absolute Gasteiger partial charge is 0.475 e. The van der Waals surface area contributed by atoms with Crippen molar-refractivity contribution >= 4 is 23.9 Å². The number of hydrogen-bond acceptors (Lipinski definition) is 7. The first kappa shape index (κ1) is 27.9. The maximum Gasteiger partial charge on any atom is 0.254 e. The molecule has 0 spiro atoms. The van der Waals surface area contributed by atoms with Crippen LogP contribution in [-0.4, -0.2) is 44.0 Å².